The fourth-order valence-electron chi connectivity index (χ4n) is 1.22. The summed E-state index contributed by atoms with van der Waals surface area (Å²) in [6.07, 6.45) is -9.73. The summed E-state index contributed by atoms with van der Waals surface area (Å²) < 4.78 is 78.3. The number of hydrogen-bond donors (Lipinski definition) is 1. The summed E-state index contributed by atoms with van der Waals surface area (Å²) in [4.78, 5) is 0. The number of ether oxygens (including phenoxy) is 2. The van der Waals surface area contributed by atoms with Crippen LogP contribution in [-0.2, 0) is 4.74 Å². The molecular formula is C10H10ClF6NO2. The number of nitrogens with two attached hydrogens (primary N) is 1. The molecule has 0 amide bonds. The van der Waals surface area contributed by atoms with Crippen molar-refractivity contribution in [3.63, 3.8) is 0 Å². The third-order valence-electron chi connectivity index (χ3n) is 1.95. The van der Waals surface area contributed by atoms with Gasteiger partial charge in [0.15, 0.2) is 0 Å². The molecule has 1 atom stereocenters. The van der Waals surface area contributed by atoms with Gasteiger partial charge in [0.05, 0.1) is 12.6 Å². The lowest BCUT2D eigenvalue weighted by Gasteiger charge is -2.15. The molecular weight excluding hydrogens is 316 g/mol. The maximum Gasteiger partial charge on any atom is 0.573 e. The van der Waals surface area contributed by atoms with Gasteiger partial charge in [-0.25, -0.2) is 0 Å². The van der Waals surface area contributed by atoms with Crippen LogP contribution in [0.5, 0.6) is 5.75 Å². The van der Waals surface area contributed by atoms with Gasteiger partial charge >= 0.3 is 12.7 Å². The van der Waals surface area contributed by atoms with Crippen molar-refractivity contribution >= 4 is 12.4 Å². The quantitative estimate of drug-likeness (QED) is 0.861. The molecule has 1 aromatic rings. The highest BCUT2D eigenvalue weighted by atomic mass is 35.5. The van der Waals surface area contributed by atoms with E-state index in [0.29, 0.717) is 0 Å². The standard InChI is InChI=1S/C10H9F6NO2.ClH/c11-9(12,13)18-5-8(17)6-2-1-3-7(4-6)19-10(14,15)16;/h1-4,8H,5,17H2;1H/t8-;/m0./s1. The Hall–Kier alpha value is -1.19. The molecule has 0 radical (unpaired) electrons. The first-order chi connectivity index (χ1) is 8.57. The van der Waals surface area contributed by atoms with Crippen LogP contribution in [0.3, 0.4) is 0 Å². The van der Waals surface area contributed by atoms with Crippen molar-refractivity contribution in [2.45, 2.75) is 18.8 Å². The van der Waals surface area contributed by atoms with Crippen LogP contribution in [0.25, 0.3) is 0 Å². The van der Waals surface area contributed by atoms with Crippen LogP contribution in [0.15, 0.2) is 24.3 Å². The Balaban J connectivity index is 0.00000361. The van der Waals surface area contributed by atoms with Gasteiger partial charge in [-0.05, 0) is 17.7 Å². The van der Waals surface area contributed by atoms with Crippen LogP contribution in [0, 0.1) is 0 Å². The van der Waals surface area contributed by atoms with Gasteiger partial charge in [0.2, 0.25) is 0 Å². The molecule has 1 aromatic carbocycles. The molecule has 3 nitrogen and oxygen atoms in total. The lowest BCUT2D eigenvalue weighted by molar-refractivity contribution is -0.326. The molecule has 10 heteroatoms. The Labute approximate surface area is 116 Å². The third-order valence-corrected chi connectivity index (χ3v) is 1.95. The van der Waals surface area contributed by atoms with Gasteiger partial charge in [-0.1, -0.05) is 12.1 Å². The van der Waals surface area contributed by atoms with E-state index < -0.39 is 31.1 Å². The number of benzene rings is 1. The van der Waals surface area contributed by atoms with Crippen LogP contribution in [0.1, 0.15) is 11.6 Å². The molecule has 0 aliphatic carbocycles. The van der Waals surface area contributed by atoms with E-state index in [1.54, 1.807) is 0 Å². The van der Waals surface area contributed by atoms with E-state index >= 15 is 0 Å². The monoisotopic (exact) mass is 325 g/mol. The fraction of sp³-hybridized carbons (Fsp3) is 0.400. The predicted molar refractivity (Wildman–Crippen MR) is 59.3 cm³/mol. The highest BCUT2D eigenvalue weighted by molar-refractivity contribution is 5.85. The van der Waals surface area contributed by atoms with Crippen molar-refractivity contribution in [2.24, 2.45) is 5.73 Å². The largest absolute Gasteiger partial charge is 0.573 e. The van der Waals surface area contributed by atoms with Gasteiger partial charge in [-0.15, -0.1) is 38.7 Å². The average Bonchev–Trinajstić information content (AvgIpc) is 2.23. The maximum atomic E-state index is 12.0. The lowest BCUT2D eigenvalue weighted by atomic mass is 10.1. The van der Waals surface area contributed by atoms with Gasteiger partial charge in [0.1, 0.15) is 5.75 Å². The topological polar surface area (TPSA) is 44.5 Å². The summed E-state index contributed by atoms with van der Waals surface area (Å²) in [5.41, 5.74) is 5.41. The molecule has 0 bridgehead atoms. The van der Waals surface area contributed by atoms with Gasteiger partial charge < -0.3 is 10.5 Å². The minimum atomic E-state index is -4.88. The van der Waals surface area contributed by atoms with Gasteiger partial charge in [-0.3, -0.25) is 4.74 Å². The van der Waals surface area contributed by atoms with Gasteiger partial charge in [0, 0.05) is 0 Å². The molecule has 0 unspecified atom stereocenters. The Bertz CT molecular complexity index is 423. The Morgan fingerprint density at radius 2 is 1.65 bits per heavy atom. The van der Waals surface area contributed by atoms with Crippen LogP contribution in [-0.4, -0.2) is 19.3 Å². The van der Waals surface area contributed by atoms with Crippen LogP contribution in [0.2, 0.25) is 0 Å². The lowest BCUT2D eigenvalue weighted by Crippen LogP contribution is -2.23. The predicted octanol–water partition coefficient (Wildman–Crippen LogP) is 3.54. The van der Waals surface area contributed by atoms with Crippen molar-refractivity contribution in [3.05, 3.63) is 29.8 Å². The van der Waals surface area contributed by atoms with Crippen LogP contribution >= 0.6 is 12.4 Å². The summed E-state index contributed by atoms with van der Waals surface area (Å²) >= 11 is 0. The zero-order valence-electron chi connectivity index (χ0n) is 9.66. The second-order valence-corrected chi connectivity index (χ2v) is 3.48. The first kappa shape index (κ1) is 18.8. The minimum absolute atomic E-state index is 0. The van der Waals surface area contributed by atoms with E-state index in [1.807, 2.05) is 0 Å². The van der Waals surface area contributed by atoms with Gasteiger partial charge in [0.25, 0.3) is 0 Å². The minimum Gasteiger partial charge on any atom is -0.406 e. The molecule has 0 fully saturated rings. The number of rotatable bonds is 4. The maximum absolute atomic E-state index is 12.0. The van der Waals surface area contributed by atoms with Crippen molar-refractivity contribution in [1.82, 2.24) is 0 Å². The normalized spacial score (nSPS) is 13.6. The molecule has 20 heavy (non-hydrogen) atoms. The first-order valence-corrected chi connectivity index (χ1v) is 4.89. The summed E-state index contributed by atoms with van der Waals surface area (Å²) in [7, 11) is 0. The number of halogens is 7. The molecule has 116 valence electrons. The van der Waals surface area contributed by atoms with Gasteiger partial charge in [-0.2, -0.15) is 0 Å². The zero-order chi connectivity index (χ0) is 14.7. The molecule has 0 saturated heterocycles. The van der Waals surface area contributed by atoms with Crippen molar-refractivity contribution in [1.29, 1.82) is 0 Å². The fourth-order valence-corrected chi connectivity index (χ4v) is 1.22. The molecule has 0 aliphatic rings. The average molecular weight is 326 g/mol. The van der Waals surface area contributed by atoms with Crippen LogP contribution < -0.4 is 10.5 Å². The molecule has 2 N–H and O–H groups in total. The van der Waals surface area contributed by atoms with E-state index in [2.05, 4.69) is 9.47 Å². The first-order valence-electron chi connectivity index (χ1n) is 4.89. The Morgan fingerprint density at radius 1 is 1.05 bits per heavy atom. The summed E-state index contributed by atoms with van der Waals surface area (Å²) in [6, 6.07) is 3.14. The molecule has 0 heterocycles. The van der Waals surface area contributed by atoms with E-state index in [1.165, 1.54) is 12.1 Å². The van der Waals surface area contributed by atoms with E-state index in [4.69, 9.17) is 5.73 Å². The van der Waals surface area contributed by atoms with Crippen molar-refractivity contribution in [2.75, 3.05) is 6.61 Å². The highest BCUT2D eigenvalue weighted by Gasteiger charge is 2.32. The van der Waals surface area contributed by atoms with Crippen molar-refractivity contribution in [3.8, 4) is 5.75 Å². The molecule has 0 spiro atoms. The molecule has 0 aliphatic heterocycles. The summed E-state index contributed by atoms with van der Waals surface area (Å²) in [5, 5.41) is 0. The summed E-state index contributed by atoms with van der Waals surface area (Å²) in [5.74, 6) is -0.563. The van der Waals surface area contributed by atoms with E-state index in [0.717, 1.165) is 12.1 Å². The second-order valence-electron chi connectivity index (χ2n) is 3.48. The Kier molecular flexibility index (Phi) is 6.59. The molecule has 0 aromatic heterocycles. The smallest absolute Gasteiger partial charge is 0.406 e. The summed E-state index contributed by atoms with van der Waals surface area (Å²) in [6.45, 7) is -0.904. The third kappa shape index (κ3) is 7.41. The Morgan fingerprint density at radius 3 is 2.15 bits per heavy atom. The van der Waals surface area contributed by atoms with E-state index in [-0.39, 0.29) is 18.0 Å². The van der Waals surface area contributed by atoms with E-state index in [9.17, 15) is 26.3 Å². The van der Waals surface area contributed by atoms with Crippen molar-refractivity contribution < 1.29 is 35.8 Å². The number of alkyl halides is 6. The van der Waals surface area contributed by atoms with Crippen LogP contribution in [0.4, 0.5) is 26.3 Å². The molecule has 0 saturated carbocycles. The second kappa shape index (κ2) is 7.00. The highest BCUT2D eigenvalue weighted by Crippen LogP contribution is 2.26. The SMILES string of the molecule is Cl.N[C@@H](COC(F)(F)F)c1cccc(OC(F)(F)F)c1. The number of hydrogen-bond acceptors (Lipinski definition) is 3. The molecule has 1 rings (SSSR count). The zero-order valence-corrected chi connectivity index (χ0v) is 10.5.